The number of aromatic nitrogens is 1. The van der Waals surface area contributed by atoms with E-state index in [1.54, 1.807) is 11.8 Å². The SMILES string of the molecule is Cc1nc(SCCCC(=N)N)oc1C. The zero-order chi connectivity index (χ0) is 10.6. The van der Waals surface area contributed by atoms with E-state index in [1.807, 2.05) is 13.8 Å². The average Bonchev–Trinajstić information content (AvgIpc) is 2.40. The zero-order valence-electron chi connectivity index (χ0n) is 8.46. The van der Waals surface area contributed by atoms with E-state index in [0.29, 0.717) is 11.6 Å². The number of hydrogen-bond acceptors (Lipinski definition) is 4. The van der Waals surface area contributed by atoms with Gasteiger partial charge in [0.15, 0.2) is 0 Å². The minimum Gasteiger partial charge on any atom is -0.437 e. The number of hydrogen-bond donors (Lipinski definition) is 2. The Bertz CT molecular complexity index is 302. The molecule has 0 amide bonds. The highest BCUT2D eigenvalue weighted by Gasteiger charge is 2.05. The molecule has 0 aliphatic rings. The van der Waals surface area contributed by atoms with E-state index in [4.69, 9.17) is 15.6 Å². The molecule has 0 aromatic carbocycles. The molecule has 5 heteroatoms. The summed E-state index contributed by atoms with van der Waals surface area (Å²) in [6.45, 7) is 3.83. The third-order valence-electron chi connectivity index (χ3n) is 1.82. The van der Waals surface area contributed by atoms with Crippen LogP contribution in [-0.2, 0) is 0 Å². The second kappa shape index (κ2) is 5.05. The summed E-state index contributed by atoms with van der Waals surface area (Å²) in [4.78, 5) is 4.24. The smallest absolute Gasteiger partial charge is 0.256 e. The predicted octanol–water partition coefficient (Wildman–Crippen LogP) is 2.10. The normalized spacial score (nSPS) is 10.4. The van der Waals surface area contributed by atoms with Gasteiger partial charge in [-0.3, -0.25) is 5.41 Å². The summed E-state index contributed by atoms with van der Waals surface area (Å²) in [7, 11) is 0. The number of rotatable bonds is 5. The molecule has 0 bridgehead atoms. The lowest BCUT2D eigenvalue weighted by molar-refractivity contribution is 0.431. The molecule has 4 nitrogen and oxygen atoms in total. The minimum atomic E-state index is 0.241. The predicted molar refractivity (Wildman–Crippen MR) is 57.8 cm³/mol. The fourth-order valence-corrected chi connectivity index (χ4v) is 1.78. The van der Waals surface area contributed by atoms with Crippen molar-refractivity contribution in [2.75, 3.05) is 5.75 Å². The first-order valence-corrected chi connectivity index (χ1v) is 5.48. The second-order valence-electron chi connectivity index (χ2n) is 3.10. The quantitative estimate of drug-likeness (QED) is 0.340. The van der Waals surface area contributed by atoms with Crippen LogP contribution in [0, 0.1) is 19.3 Å². The van der Waals surface area contributed by atoms with Gasteiger partial charge in [-0.25, -0.2) is 4.98 Å². The number of oxazole rings is 1. The molecule has 0 saturated carbocycles. The van der Waals surface area contributed by atoms with Crippen LogP contribution in [0.3, 0.4) is 0 Å². The van der Waals surface area contributed by atoms with Crippen molar-refractivity contribution in [2.45, 2.75) is 31.9 Å². The maximum atomic E-state index is 7.05. The van der Waals surface area contributed by atoms with Gasteiger partial charge in [0.1, 0.15) is 5.76 Å². The molecular formula is C9H15N3OS. The maximum Gasteiger partial charge on any atom is 0.256 e. The third kappa shape index (κ3) is 3.41. The summed E-state index contributed by atoms with van der Waals surface area (Å²) in [6, 6.07) is 0. The number of nitrogens with two attached hydrogens (primary N) is 1. The van der Waals surface area contributed by atoms with Crippen LogP contribution in [0.1, 0.15) is 24.3 Å². The molecule has 1 aromatic rings. The monoisotopic (exact) mass is 213 g/mol. The summed E-state index contributed by atoms with van der Waals surface area (Å²) < 4.78 is 5.39. The Morgan fingerprint density at radius 2 is 2.29 bits per heavy atom. The Hall–Kier alpha value is -0.970. The lowest BCUT2D eigenvalue weighted by atomic mass is 10.3. The number of amidine groups is 1. The van der Waals surface area contributed by atoms with Gasteiger partial charge in [-0.1, -0.05) is 11.8 Å². The lowest BCUT2D eigenvalue weighted by Gasteiger charge is -1.96. The van der Waals surface area contributed by atoms with E-state index in [1.165, 1.54) is 0 Å². The van der Waals surface area contributed by atoms with E-state index in [0.717, 1.165) is 23.6 Å². The minimum absolute atomic E-state index is 0.241. The Morgan fingerprint density at radius 1 is 1.57 bits per heavy atom. The first-order valence-electron chi connectivity index (χ1n) is 4.49. The maximum absolute atomic E-state index is 7.05. The molecular weight excluding hydrogens is 198 g/mol. The molecule has 0 aliphatic carbocycles. The van der Waals surface area contributed by atoms with Crippen molar-refractivity contribution < 1.29 is 4.42 Å². The standard InChI is InChI=1S/C9H15N3OS/c1-6-7(2)13-9(12-6)14-5-3-4-8(10)11/h3-5H2,1-2H3,(H3,10,11). The summed E-state index contributed by atoms with van der Waals surface area (Å²) in [5.41, 5.74) is 6.18. The van der Waals surface area contributed by atoms with Crippen LogP contribution in [0.2, 0.25) is 0 Å². The Morgan fingerprint density at radius 3 is 2.79 bits per heavy atom. The topological polar surface area (TPSA) is 75.9 Å². The van der Waals surface area contributed by atoms with E-state index < -0.39 is 0 Å². The van der Waals surface area contributed by atoms with Gasteiger partial charge in [0.2, 0.25) is 0 Å². The van der Waals surface area contributed by atoms with Crippen LogP contribution in [-0.4, -0.2) is 16.6 Å². The third-order valence-corrected chi connectivity index (χ3v) is 2.74. The van der Waals surface area contributed by atoms with Crippen molar-refractivity contribution in [1.82, 2.24) is 4.98 Å². The summed E-state index contributed by atoms with van der Waals surface area (Å²) >= 11 is 1.57. The number of aryl methyl sites for hydroxylation is 2. The Balaban J connectivity index is 2.28. The molecule has 3 N–H and O–H groups in total. The highest BCUT2D eigenvalue weighted by molar-refractivity contribution is 7.99. The number of thioether (sulfide) groups is 1. The van der Waals surface area contributed by atoms with Crippen LogP contribution in [0.15, 0.2) is 9.64 Å². The Labute approximate surface area is 87.8 Å². The van der Waals surface area contributed by atoms with E-state index in [2.05, 4.69) is 4.98 Å². The highest BCUT2D eigenvalue weighted by atomic mass is 32.2. The van der Waals surface area contributed by atoms with Gasteiger partial charge < -0.3 is 10.2 Å². The molecule has 0 radical (unpaired) electrons. The first kappa shape index (κ1) is 11.1. The molecule has 0 saturated heterocycles. The lowest BCUT2D eigenvalue weighted by Crippen LogP contribution is -2.08. The number of nitrogens with zero attached hydrogens (tertiary/aromatic N) is 1. The molecule has 1 aromatic heterocycles. The van der Waals surface area contributed by atoms with Crippen LogP contribution in [0.4, 0.5) is 0 Å². The average molecular weight is 213 g/mol. The van der Waals surface area contributed by atoms with Crippen LogP contribution >= 0.6 is 11.8 Å². The van der Waals surface area contributed by atoms with E-state index in [9.17, 15) is 0 Å². The largest absolute Gasteiger partial charge is 0.437 e. The molecule has 0 spiro atoms. The molecule has 0 unspecified atom stereocenters. The van der Waals surface area contributed by atoms with Crippen molar-refractivity contribution >= 4 is 17.6 Å². The van der Waals surface area contributed by atoms with Gasteiger partial charge in [0, 0.05) is 12.2 Å². The van der Waals surface area contributed by atoms with Gasteiger partial charge in [0.05, 0.1) is 11.5 Å². The summed E-state index contributed by atoms with van der Waals surface area (Å²) in [6.07, 6.45) is 1.53. The zero-order valence-corrected chi connectivity index (χ0v) is 9.28. The molecule has 0 aliphatic heterocycles. The molecule has 1 rings (SSSR count). The highest BCUT2D eigenvalue weighted by Crippen LogP contribution is 2.20. The van der Waals surface area contributed by atoms with Gasteiger partial charge >= 0.3 is 0 Å². The van der Waals surface area contributed by atoms with Gasteiger partial charge in [0.25, 0.3) is 5.22 Å². The van der Waals surface area contributed by atoms with Crippen LogP contribution in [0.25, 0.3) is 0 Å². The van der Waals surface area contributed by atoms with Crippen molar-refractivity contribution in [1.29, 1.82) is 5.41 Å². The fraction of sp³-hybridized carbons (Fsp3) is 0.556. The van der Waals surface area contributed by atoms with Crippen molar-refractivity contribution in [2.24, 2.45) is 5.73 Å². The van der Waals surface area contributed by atoms with Gasteiger partial charge in [-0.2, -0.15) is 0 Å². The fourth-order valence-electron chi connectivity index (χ4n) is 0.927. The molecule has 14 heavy (non-hydrogen) atoms. The van der Waals surface area contributed by atoms with Crippen LogP contribution < -0.4 is 5.73 Å². The van der Waals surface area contributed by atoms with E-state index >= 15 is 0 Å². The molecule has 0 atom stereocenters. The summed E-state index contributed by atoms with van der Waals surface area (Å²) in [5, 5.41) is 7.76. The van der Waals surface area contributed by atoms with Gasteiger partial charge in [-0.05, 0) is 20.3 Å². The summed E-state index contributed by atoms with van der Waals surface area (Å²) in [5.74, 6) is 2.00. The van der Waals surface area contributed by atoms with Crippen LogP contribution in [0.5, 0.6) is 0 Å². The molecule has 0 fully saturated rings. The van der Waals surface area contributed by atoms with Gasteiger partial charge in [-0.15, -0.1) is 0 Å². The van der Waals surface area contributed by atoms with Crippen molar-refractivity contribution in [3.8, 4) is 0 Å². The second-order valence-corrected chi connectivity index (χ2v) is 4.14. The van der Waals surface area contributed by atoms with Crippen molar-refractivity contribution in [3.63, 3.8) is 0 Å². The molecule has 1 heterocycles. The first-order chi connectivity index (χ1) is 6.59. The molecule has 78 valence electrons. The Kier molecular flexibility index (Phi) is 4.00. The number of nitrogens with one attached hydrogen (secondary N) is 1. The van der Waals surface area contributed by atoms with Crippen molar-refractivity contribution in [3.05, 3.63) is 11.5 Å². The van der Waals surface area contributed by atoms with E-state index in [-0.39, 0.29) is 5.84 Å².